The van der Waals surface area contributed by atoms with E-state index < -0.39 is 15.7 Å². The molecule has 2 aromatic rings. The van der Waals surface area contributed by atoms with Crippen LogP contribution in [0.2, 0.25) is 0 Å². The van der Waals surface area contributed by atoms with Crippen LogP contribution in [-0.2, 0) is 16.1 Å². The molecule has 1 aromatic heterocycles. The van der Waals surface area contributed by atoms with Crippen molar-refractivity contribution < 1.29 is 14.3 Å². The molecule has 0 N–H and O–H groups in total. The lowest BCUT2D eigenvalue weighted by Gasteiger charge is -2.10. The molecule has 0 spiro atoms. The van der Waals surface area contributed by atoms with Crippen molar-refractivity contribution in [3.8, 4) is 16.3 Å². The predicted octanol–water partition coefficient (Wildman–Crippen LogP) is 5.21. The van der Waals surface area contributed by atoms with Crippen LogP contribution < -0.4 is 4.74 Å². The highest BCUT2D eigenvalue weighted by Gasteiger charge is 2.69. The third-order valence-electron chi connectivity index (χ3n) is 4.00. The average Bonchev–Trinajstić information content (AvgIpc) is 2.90. The average molecular weight is 451 g/mol. The molecule has 0 bridgehead atoms. The third-order valence-corrected chi connectivity index (χ3v) is 6.52. The van der Waals surface area contributed by atoms with Crippen molar-refractivity contribution in [3.63, 3.8) is 0 Å². The molecule has 4 nitrogen and oxygen atoms in total. The second kappa shape index (κ2) is 6.48. The number of hydrogen-bond acceptors (Lipinski definition) is 5. The molecular formula is C16H14BrCl2NO3S. The molecule has 24 heavy (non-hydrogen) atoms. The number of aromatic nitrogens is 1. The zero-order chi connectivity index (χ0) is 17.5. The second-order valence-corrected chi connectivity index (χ2v) is 9.04. The molecule has 1 atom stereocenters. The molecule has 1 aromatic carbocycles. The Morgan fingerprint density at radius 3 is 2.79 bits per heavy atom. The maximum atomic E-state index is 12.1. The predicted molar refractivity (Wildman–Crippen MR) is 98.8 cm³/mol. The molecule has 0 amide bonds. The highest BCUT2D eigenvalue weighted by atomic mass is 79.9. The van der Waals surface area contributed by atoms with Crippen molar-refractivity contribution in [1.29, 1.82) is 0 Å². The monoisotopic (exact) mass is 449 g/mol. The smallest absolute Gasteiger partial charge is 0.315 e. The summed E-state index contributed by atoms with van der Waals surface area (Å²) in [7, 11) is 1.62. The minimum atomic E-state index is -1.03. The summed E-state index contributed by atoms with van der Waals surface area (Å²) in [5.41, 5.74) is 0.719. The van der Waals surface area contributed by atoms with Gasteiger partial charge < -0.3 is 9.47 Å². The fraction of sp³-hybridized carbons (Fsp3) is 0.375. The van der Waals surface area contributed by atoms with Crippen LogP contribution in [0.15, 0.2) is 28.1 Å². The van der Waals surface area contributed by atoms with Gasteiger partial charge in [-0.2, -0.15) is 0 Å². The summed E-state index contributed by atoms with van der Waals surface area (Å²) < 4.78 is 10.6. The van der Waals surface area contributed by atoms with Gasteiger partial charge in [0.2, 0.25) is 0 Å². The van der Waals surface area contributed by atoms with Crippen molar-refractivity contribution in [3.05, 3.63) is 33.7 Å². The lowest BCUT2D eigenvalue weighted by molar-refractivity contribution is -0.151. The molecule has 0 radical (unpaired) electrons. The SMILES string of the molecule is COc1ccc(Br)cc1-c1nc(COC(=O)C2(C)CC2(Cl)Cl)cs1. The first-order valence-electron chi connectivity index (χ1n) is 7.10. The molecule has 1 heterocycles. The number of halogens is 3. The Balaban J connectivity index is 1.71. The van der Waals surface area contributed by atoms with Gasteiger partial charge in [0.25, 0.3) is 0 Å². The largest absolute Gasteiger partial charge is 0.496 e. The van der Waals surface area contributed by atoms with E-state index in [4.69, 9.17) is 32.7 Å². The number of hydrogen-bond donors (Lipinski definition) is 0. The Hall–Kier alpha value is -0.820. The molecule has 128 valence electrons. The Kier molecular flexibility index (Phi) is 4.86. The van der Waals surface area contributed by atoms with Gasteiger partial charge in [0.15, 0.2) is 0 Å². The highest BCUT2D eigenvalue weighted by Crippen LogP contribution is 2.64. The van der Waals surface area contributed by atoms with Gasteiger partial charge in [-0.25, -0.2) is 4.98 Å². The topological polar surface area (TPSA) is 48.4 Å². The highest BCUT2D eigenvalue weighted by molar-refractivity contribution is 9.10. The van der Waals surface area contributed by atoms with Crippen LogP contribution >= 0.6 is 50.5 Å². The maximum absolute atomic E-state index is 12.1. The molecule has 1 aliphatic rings. The number of benzene rings is 1. The first-order chi connectivity index (χ1) is 11.3. The standard InChI is InChI=1S/C16H14BrCl2NO3S/c1-15(8-16(15,18)19)14(21)23-6-10-7-24-13(20-10)11-5-9(17)3-4-12(11)22-2/h3-5,7H,6,8H2,1-2H3. The number of thiazole rings is 1. The van der Waals surface area contributed by atoms with Crippen molar-refractivity contribution >= 4 is 56.4 Å². The lowest BCUT2D eigenvalue weighted by atomic mass is 10.1. The van der Waals surface area contributed by atoms with E-state index in [-0.39, 0.29) is 6.61 Å². The molecule has 0 aliphatic heterocycles. The minimum absolute atomic E-state index is 0.0884. The zero-order valence-corrected chi connectivity index (χ0v) is 16.9. The van der Waals surface area contributed by atoms with Gasteiger partial charge in [-0.05, 0) is 25.1 Å². The molecular weight excluding hydrogens is 437 g/mol. The van der Waals surface area contributed by atoms with Gasteiger partial charge in [-0.3, -0.25) is 4.79 Å². The number of methoxy groups -OCH3 is 1. The summed E-state index contributed by atoms with van der Waals surface area (Å²) in [5, 5.41) is 2.65. The Morgan fingerprint density at radius 2 is 2.17 bits per heavy atom. The Bertz CT molecular complexity index is 795. The Morgan fingerprint density at radius 1 is 1.46 bits per heavy atom. The molecule has 1 fully saturated rings. The van der Waals surface area contributed by atoms with Crippen LogP contribution in [0.5, 0.6) is 5.75 Å². The van der Waals surface area contributed by atoms with Crippen LogP contribution in [0.3, 0.4) is 0 Å². The van der Waals surface area contributed by atoms with Gasteiger partial charge in [-0.1, -0.05) is 15.9 Å². The van der Waals surface area contributed by atoms with Crippen LogP contribution in [-0.4, -0.2) is 22.4 Å². The Labute approximate surface area is 162 Å². The second-order valence-electron chi connectivity index (χ2n) is 5.78. The van der Waals surface area contributed by atoms with Gasteiger partial charge in [0.05, 0.1) is 18.4 Å². The molecule has 1 unspecified atom stereocenters. The van der Waals surface area contributed by atoms with Gasteiger partial charge in [0, 0.05) is 16.3 Å². The molecule has 1 saturated carbocycles. The number of alkyl halides is 2. The third kappa shape index (κ3) is 3.29. The molecule has 1 aliphatic carbocycles. The summed E-state index contributed by atoms with van der Waals surface area (Å²) in [5.74, 6) is 0.331. The van der Waals surface area contributed by atoms with E-state index in [1.54, 1.807) is 14.0 Å². The first kappa shape index (κ1) is 18.0. The van der Waals surface area contributed by atoms with Crippen molar-refractivity contribution in [2.45, 2.75) is 24.3 Å². The summed E-state index contributed by atoms with van der Waals surface area (Å²) in [6, 6.07) is 5.71. The first-order valence-corrected chi connectivity index (χ1v) is 9.53. The van der Waals surface area contributed by atoms with Crippen LogP contribution in [0.4, 0.5) is 0 Å². The minimum Gasteiger partial charge on any atom is -0.496 e. The van der Waals surface area contributed by atoms with Crippen molar-refractivity contribution in [2.24, 2.45) is 5.41 Å². The molecule has 3 rings (SSSR count). The van der Waals surface area contributed by atoms with E-state index in [1.165, 1.54) is 11.3 Å². The van der Waals surface area contributed by atoms with Gasteiger partial charge >= 0.3 is 5.97 Å². The normalized spacial score (nSPS) is 21.4. The number of nitrogens with zero attached hydrogens (tertiary/aromatic N) is 1. The van der Waals surface area contributed by atoms with Crippen molar-refractivity contribution in [1.82, 2.24) is 4.98 Å². The summed E-state index contributed by atoms with van der Waals surface area (Å²) in [6.45, 7) is 1.79. The number of ether oxygens (including phenoxy) is 2. The number of carbonyl (C=O) groups is 1. The molecule has 8 heteroatoms. The van der Waals surface area contributed by atoms with Crippen LogP contribution in [0, 0.1) is 5.41 Å². The van der Waals surface area contributed by atoms with Crippen LogP contribution in [0.1, 0.15) is 19.0 Å². The number of rotatable bonds is 5. The number of carbonyl (C=O) groups excluding carboxylic acids is 1. The summed E-state index contributed by atoms with van der Waals surface area (Å²) in [4.78, 5) is 16.6. The summed E-state index contributed by atoms with van der Waals surface area (Å²) in [6.07, 6.45) is 0.402. The van der Waals surface area contributed by atoms with Gasteiger partial charge in [-0.15, -0.1) is 34.5 Å². The van der Waals surface area contributed by atoms with Gasteiger partial charge in [0.1, 0.15) is 27.1 Å². The number of esters is 1. The quantitative estimate of drug-likeness (QED) is 0.463. The van der Waals surface area contributed by atoms with E-state index in [1.807, 2.05) is 23.6 Å². The van der Waals surface area contributed by atoms with E-state index >= 15 is 0 Å². The van der Waals surface area contributed by atoms with Crippen LogP contribution in [0.25, 0.3) is 10.6 Å². The fourth-order valence-corrected chi connectivity index (χ4v) is 4.14. The zero-order valence-electron chi connectivity index (χ0n) is 12.9. The van der Waals surface area contributed by atoms with E-state index in [9.17, 15) is 4.79 Å². The fourth-order valence-electron chi connectivity index (χ4n) is 2.26. The summed E-state index contributed by atoms with van der Waals surface area (Å²) >= 11 is 16.9. The van der Waals surface area contributed by atoms with E-state index in [2.05, 4.69) is 20.9 Å². The van der Waals surface area contributed by atoms with E-state index in [0.29, 0.717) is 12.1 Å². The lowest BCUT2D eigenvalue weighted by Crippen LogP contribution is -2.21. The maximum Gasteiger partial charge on any atom is 0.315 e. The van der Waals surface area contributed by atoms with Crippen molar-refractivity contribution in [2.75, 3.05) is 7.11 Å². The molecule has 0 saturated heterocycles. The van der Waals surface area contributed by atoms with E-state index in [0.717, 1.165) is 20.8 Å².